The number of ketones is 2. The molecule has 0 amide bonds. The molecule has 0 spiro atoms. The van der Waals surface area contributed by atoms with Crippen LogP contribution in [-0.4, -0.2) is 69.0 Å². The van der Waals surface area contributed by atoms with Gasteiger partial charge in [0.05, 0.1) is 11.2 Å². The highest BCUT2D eigenvalue weighted by atomic mass is 79.9. The van der Waals surface area contributed by atoms with E-state index in [0.29, 0.717) is 0 Å². The first-order valence-electron chi connectivity index (χ1n) is 7.27. The van der Waals surface area contributed by atoms with Crippen LogP contribution in [0.5, 0.6) is 5.88 Å². The fourth-order valence-corrected chi connectivity index (χ4v) is 3.79. The van der Waals surface area contributed by atoms with Crippen molar-refractivity contribution in [2.75, 3.05) is 0 Å². The van der Waals surface area contributed by atoms with Gasteiger partial charge in [-0.3, -0.25) is 14.2 Å². The standard InChI is InChI=1S/C14H15BrN4O6/c1-5(20)8(22)9-10(15)14(24,6(2)21)13(25-9)19-4-18-7-11(19)16-3-17-12(7)23/h3-4,8-10,13,22,24H,1-2H3,(H,16,17,23)/t8?,9-,10-,13-,14-/m1/s1. The summed E-state index contributed by atoms with van der Waals surface area (Å²) in [6.45, 7) is 2.34. The van der Waals surface area contributed by atoms with Crippen molar-refractivity contribution in [2.24, 2.45) is 0 Å². The summed E-state index contributed by atoms with van der Waals surface area (Å²) < 4.78 is 6.91. The summed E-state index contributed by atoms with van der Waals surface area (Å²) in [5, 5.41) is 30.8. The van der Waals surface area contributed by atoms with Crippen molar-refractivity contribution in [3.63, 3.8) is 0 Å². The first-order valence-corrected chi connectivity index (χ1v) is 8.19. The number of aromatic nitrogens is 4. The molecule has 3 heterocycles. The van der Waals surface area contributed by atoms with E-state index in [1.54, 1.807) is 0 Å². The van der Waals surface area contributed by atoms with Crippen LogP contribution in [0.4, 0.5) is 0 Å². The lowest BCUT2D eigenvalue weighted by molar-refractivity contribution is -0.150. The van der Waals surface area contributed by atoms with Crippen LogP contribution in [0.2, 0.25) is 0 Å². The second-order valence-electron chi connectivity index (χ2n) is 5.81. The van der Waals surface area contributed by atoms with Crippen LogP contribution >= 0.6 is 15.9 Å². The fourth-order valence-electron chi connectivity index (χ4n) is 2.83. The van der Waals surface area contributed by atoms with E-state index in [9.17, 15) is 24.9 Å². The lowest BCUT2D eigenvalue weighted by atomic mass is 9.91. The number of carbonyl (C=O) groups is 2. The van der Waals surface area contributed by atoms with Crippen LogP contribution in [0, 0.1) is 0 Å². The molecule has 3 rings (SSSR count). The maximum Gasteiger partial charge on any atom is 0.242 e. The minimum atomic E-state index is -2.10. The number of fused-ring (bicyclic) bond motifs is 1. The van der Waals surface area contributed by atoms with E-state index in [0.717, 1.165) is 6.33 Å². The highest BCUT2D eigenvalue weighted by molar-refractivity contribution is 9.09. The number of imidazole rings is 1. The highest BCUT2D eigenvalue weighted by Crippen LogP contribution is 2.45. The molecule has 134 valence electrons. The van der Waals surface area contributed by atoms with Gasteiger partial charge in [0.25, 0.3) is 0 Å². The van der Waals surface area contributed by atoms with Crippen LogP contribution in [0.3, 0.4) is 0 Å². The van der Waals surface area contributed by atoms with Gasteiger partial charge in [0.15, 0.2) is 34.6 Å². The Balaban J connectivity index is 2.14. The lowest BCUT2D eigenvalue weighted by Gasteiger charge is -2.29. The van der Waals surface area contributed by atoms with E-state index < -0.39 is 40.4 Å². The van der Waals surface area contributed by atoms with Gasteiger partial charge in [0.2, 0.25) is 5.88 Å². The number of nitrogens with zero attached hydrogens (tertiary/aromatic N) is 4. The van der Waals surface area contributed by atoms with Gasteiger partial charge in [-0.1, -0.05) is 15.9 Å². The largest absolute Gasteiger partial charge is 0.492 e. The summed E-state index contributed by atoms with van der Waals surface area (Å²) >= 11 is 3.18. The molecule has 3 N–H and O–H groups in total. The Morgan fingerprint density at radius 3 is 2.64 bits per heavy atom. The smallest absolute Gasteiger partial charge is 0.242 e. The third kappa shape index (κ3) is 2.54. The normalized spacial score (nSPS) is 30.5. The van der Waals surface area contributed by atoms with Crippen LogP contribution < -0.4 is 0 Å². The molecule has 0 aliphatic carbocycles. The van der Waals surface area contributed by atoms with E-state index in [1.807, 2.05) is 0 Å². The Kier molecular flexibility index (Phi) is 4.35. The predicted octanol–water partition coefficient (Wildman–Crippen LogP) is -0.537. The molecule has 2 aromatic heterocycles. The molecule has 0 saturated carbocycles. The second kappa shape index (κ2) is 6.09. The summed E-state index contributed by atoms with van der Waals surface area (Å²) in [4.78, 5) is 34.2. The third-order valence-electron chi connectivity index (χ3n) is 4.26. The molecule has 0 bridgehead atoms. The van der Waals surface area contributed by atoms with Gasteiger partial charge in [-0.05, 0) is 13.8 Å². The molecule has 1 fully saturated rings. The summed E-state index contributed by atoms with van der Waals surface area (Å²) in [7, 11) is 0. The first-order chi connectivity index (χ1) is 11.7. The molecular weight excluding hydrogens is 400 g/mol. The molecule has 25 heavy (non-hydrogen) atoms. The summed E-state index contributed by atoms with van der Waals surface area (Å²) in [6.07, 6.45) is -1.74. The van der Waals surface area contributed by atoms with Crippen LogP contribution in [0.25, 0.3) is 11.2 Å². The topological polar surface area (TPSA) is 148 Å². The average Bonchev–Trinajstić information content (AvgIpc) is 3.09. The lowest BCUT2D eigenvalue weighted by Crippen LogP contribution is -2.51. The Bertz CT molecular complexity index is 857. The van der Waals surface area contributed by atoms with E-state index in [1.165, 1.54) is 24.7 Å². The van der Waals surface area contributed by atoms with Crippen molar-refractivity contribution in [3.8, 4) is 5.88 Å². The van der Waals surface area contributed by atoms with E-state index in [-0.39, 0.29) is 17.0 Å². The number of Topliss-reactive ketones (excluding diaryl/α,β-unsaturated/α-hetero) is 2. The molecule has 1 unspecified atom stereocenters. The van der Waals surface area contributed by atoms with Crippen molar-refractivity contribution in [1.29, 1.82) is 0 Å². The number of hydrogen-bond acceptors (Lipinski definition) is 9. The molecular formula is C14H15BrN4O6. The van der Waals surface area contributed by atoms with E-state index in [4.69, 9.17) is 4.74 Å². The van der Waals surface area contributed by atoms with E-state index in [2.05, 4.69) is 30.9 Å². The van der Waals surface area contributed by atoms with Gasteiger partial charge < -0.3 is 20.1 Å². The van der Waals surface area contributed by atoms with Crippen LogP contribution in [-0.2, 0) is 14.3 Å². The Hall–Kier alpha value is -1.95. The molecule has 10 nitrogen and oxygen atoms in total. The zero-order valence-corrected chi connectivity index (χ0v) is 14.8. The SMILES string of the molecule is CC(=O)C(O)[C@H]1O[C@@H](n2cnc3c(O)ncnc32)[C@@](O)(C(C)=O)[C@@H]1Br. The van der Waals surface area contributed by atoms with Crippen molar-refractivity contribution >= 4 is 38.7 Å². The van der Waals surface area contributed by atoms with Gasteiger partial charge in [0.1, 0.15) is 18.5 Å². The average molecular weight is 415 g/mol. The number of halogens is 1. The zero-order chi connectivity index (χ0) is 18.5. The summed E-state index contributed by atoms with van der Waals surface area (Å²) in [6, 6.07) is 0. The third-order valence-corrected chi connectivity index (χ3v) is 5.47. The number of aliphatic hydroxyl groups is 2. The molecule has 1 aliphatic rings. The Morgan fingerprint density at radius 1 is 1.36 bits per heavy atom. The number of aromatic hydroxyl groups is 1. The molecule has 0 aromatic carbocycles. The van der Waals surface area contributed by atoms with Gasteiger partial charge >= 0.3 is 0 Å². The van der Waals surface area contributed by atoms with Crippen molar-refractivity contribution in [3.05, 3.63) is 12.7 Å². The highest BCUT2D eigenvalue weighted by Gasteiger charge is 2.61. The predicted molar refractivity (Wildman–Crippen MR) is 85.9 cm³/mol. The maximum absolute atomic E-state index is 12.2. The summed E-state index contributed by atoms with van der Waals surface area (Å²) in [5.41, 5.74) is -1.93. The monoisotopic (exact) mass is 414 g/mol. The minimum absolute atomic E-state index is 0.0543. The van der Waals surface area contributed by atoms with Crippen molar-refractivity contribution in [1.82, 2.24) is 19.5 Å². The number of ether oxygens (including phenoxy) is 1. The molecule has 1 saturated heterocycles. The molecule has 2 aromatic rings. The van der Waals surface area contributed by atoms with Gasteiger partial charge in [-0.15, -0.1) is 0 Å². The Morgan fingerprint density at radius 2 is 2.04 bits per heavy atom. The minimum Gasteiger partial charge on any atom is -0.492 e. The number of rotatable bonds is 4. The summed E-state index contributed by atoms with van der Waals surface area (Å²) in [5.74, 6) is -1.59. The number of alkyl halides is 1. The van der Waals surface area contributed by atoms with Crippen LogP contribution in [0.15, 0.2) is 12.7 Å². The maximum atomic E-state index is 12.2. The van der Waals surface area contributed by atoms with Crippen molar-refractivity contribution in [2.45, 2.75) is 42.7 Å². The number of aliphatic hydroxyl groups excluding tert-OH is 1. The first kappa shape index (κ1) is 17.9. The molecule has 11 heteroatoms. The molecule has 0 radical (unpaired) electrons. The molecule has 5 atom stereocenters. The fraction of sp³-hybridized carbons (Fsp3) is 0.500. The zero-order valence-electron chi connectivity index (χ0n) is 13.2. The quantitative estimate of drug-likeness (QED) is 0.560. The number of hydrogen-bond donors (Lipinski definition) is 3. The van der Waals surface area contributed by atoms with Gasteiger partial charge in [0, 0.05) is 0 Å². The second-order valence-corrected chi connectivity index (χ2v) is 6.80. The van der Waals surface area contributed by atoms with Crippen molar-refractivity contribution < 1.29 is 29.6 Å². The Labute approximate surface area is 149 Å². The number of carbonyl (C=O) groups excluding carboxylic acids is 2. The van der Waals surface area contributed by atoms with E-state index >= 15 is 0 Å². The van der Waals surface area contributed by atoms with Crippen LogP contribution in [0.1, 0.15) is 20.1 Å². The molecule has 1 aliphatic heterocycles. The van der Waals surface area contributed by atoms with Gasteiger partial charge in [-0.25, -0.2) is 9.97 Å². The van der Waals surface area contributed by atoms with Gasteiger partial charge in [-0.2, -0.15) is 4.98 Å².